The molecule has 1 N–H and O–H groups in total. The van der Waals surface area contributed by atoms with Crippen molar-refractivity contribution in [3.8, 4) is 0 Å². The molecule has 0 spiro atoms. The summed E-state index contributed by atoms with van der Waals surface area (Å²) in [6, 6.07) is 3.75. The minimum absolute atomic E-state index is 0.266. The molecule has 1 heterocycles. The van der Waals surface area contributed by atoms with Crippen LogP contribution in [0.3, 0.4) is 0 Å². The molecule has 0 aliphatic heterocycles. The number of halogens is 3. The number of nitrogens with one attached hydrogen (secondary N) is 1. The molecule has 0 unspecified atom stereocenters. The predicted octanol–water partition coefficient (Wildman–Crippen LogP) is 2.05. The molecule has 7 heteroatoms. The molecule has 1 aromatic carbocycles. The average Bonchev–Trinajstić information content (AvgIpc) is 2.39. The summed E-state index contributed by atoms with van der Waals surface area (Å²) in [6.45, 7) is 0. The second-order valence-electron chi connectivity index (χ2n) is 4.07. The van der Waals surface area contributed by atoms with E-state index in [4.69, 9.17) is 0 Å². The number of hydrogen-bond donors (Lipinski definition) is 1. The third-order valence-electron chi connectivity index (χ3n) is 2.59. The van der Waals surface area contributed by atoms with Crippen molar-refractivity contribution in [3.63, 3.8) is 0 Å². The molecule has 2 aromatic rings. The van der Waals surface area contributed by atoms with Crippen molar-refractivity contribution in [1.82, 2.24) is 4.57 Å². The van der Waals surface area contributed by atoms with Crippen LogP contribution in [-0.4, -0.2) is 10.5 Å². The predicted molar refractivity (Wildman–Crippen MR) is 66.0 cm³/mol. The molecule has 2 rings (SSSR count). The quantitative estimate of drug-likeness (QED) is 0.857. The fourth-order valence-corrected chi connectivity index (χ4v) is 1.56. The first-order valence-electron chi connectivity index (χ1n) is 5.51. The van der Waals surface area contributed by atoms with Gasteiger partial charge in [0.25, 0.3) is 5.91 Å². The van der Waals surface area contributed by atoms with E-state index in [-0.39, 0.29) is 16.8 Å². The zero-order chi connectivity index (χ0) is 14.9. The molecule has 104 valence electrons. The van der Waals surface area contributed by atoms with E-state index >= 15 is 0 Å². The normalized spacial score (nSPS) is 10.4. The molecule has 0 fully saturated rings. The first-order valence-corrected chi connectivity index (χ1v) is 5.51. The summed E-state index contributed by atoms with van der Waals surface area (Å²) in [4.78, 5) is 22.9. The number of carbonyl (C=O) groups is 1. The van der Waals surface area contributed by atoms with Gasteiger partial charge in [0.15, 0.2) is 17.5 Å². The van der Waals surface area contributed by atoms with Gasteiger partial charge in [0.1, 0.15) is 0 Å². The van der Waals surface area contributed by atoms with E-state index in [1.807, 2.05) is 0 Å². The Hall–Kier alpha value is -2.57. The summed E-state index contributed by atoms with van der Waals surface area (Å²) in [5.41, 5.74) is -0.376. The second kappa shape index (κ2) is 5.20. The summed E-state index contributed by atoms with van der Waals surface area (Å²) >= 11 is 0. The number of carbonyl (C=O) groups excluding carboxylic acids is 1. The lowest BCUT2D eigenvalue weighted by atomic mass is 10.2. The number of rotatable bonds is 2. The Labute approximate surface area is 111 Å². The molecule has 0 aliphatic carbocycles. The van der Waals surface area contributed by atoms with Gasteiger partial charge in [0, 0.05) is 24.9 Å². The van der Waals surface area contributed by atoms with Gasteiger partial charge in [-0.25, -0.2) is 13.2 Å². The standard InChI is InChI=1S/C13H9F3N2O2/c1-18-6-8(2-3-11(18)19)17-13(20)7-4-9(14)12(16)10(15)5-7/h2-6H,1H3,(H,17,20). The van der Waals surface area contributed by atoms with Crippen LogP contribution >= 0.6 is 0 Å². The van der Waals surface area contributed by atoms with Gasteiger partial charge in [0.05, 0.1) is 5.69 Å². The lowest BCUT2D eigenvalue weighted by Crippen LogP contribution is -2.18. The Kier molecular flexibility index (Phi) is 3.60. The van der Waals surface area contributed by atoms with Gasteiger partial charge in [-0.1, -0.05) is 0 Å². The largest absolute Gasteiger partial charge is 0.321 e. The van der Waals surface area contributed by atoms with E-state index in [1.165, 1.54) is 29.9 Å². The van der Waals surface area contributed by atoms with Crippen molar-refractivity contribution >= 4 is 11.6 Å². The second-order valence-corrected chi connectivity index (χ2v) is 4.07. The molecule has 0 saturated heterocycles. The van der Waals surface area contributed by atoms with Crippen molar-refractivity contribution in [2.24, 2.45) is 7.05 Å². The minimum atomic E-state index is -1.64. The summed E-state index contributed by atoms with van der Waals surface area (Å²) in [6.07, 6.45) is 1.34. The smallest absolute Gasteiger partial charge is 0.255 e. The van der Waals surface area contributed by atoms with Crippen LogP contribution in [0.4, 0.5) is 18.9 Å². The maximum absolute atomic E-state index is 13.0. The maximum atomic E-state index is 13.0. The summed E-state index contributed by atoms with van der Waals surface area (Å²) < 4.78 is 40.0. The molecule has 1 aromatic heterocycles. The highest BCUT2D eigenvalue weighted by Crippen LogP contribution is 2.15. The maximum Gasteiger partial charge on any atom is 0.255 e. The van der Waals surface area contributed by atoms with E-state index in [0.717, 1.165) is 0 Å². The van der Waals surface area contributed by atoms with Crippen LogP contribution in [0.1, 0.15) is 10.4 Å². The van der Waals surface area contributed by atoms with Gasteiger partial charge in [-0.3, -0.25) is 9.59 Å². The molecule has 0 atom stereocenters. The molecule has 4 nitrogen and oxygen atoms in total. The number of benzene rings is 1. The minimum Gasteiger partial charge on any atom is -0.321 e. The first-order chi connectivity index (χ1) is 9.38. The van der Waals surface area contributed by atoms with E-state index in [9.17, 15) is 22.8 Å². The Balaban J connectivity index is 2.28. The third-order valence-corrected chi connectivity index (χ3v) is 2.59. The molecule has 0 saturated carbocycles. The van der Waals surface area contributed by atoms with Crippen molar-refractivity contribution in [2.45, 2.75) is 0 Å². The Morgan fingerprint density at radius 1 is 1.15 bits per heavy atom. The summed E-state index contributed by atoms with van der Waals surface area (Å²) in [5, 5.41) is 2.35. The van der Waals surface area contributed by atoms with Crippen LogP contribution in [0, 0.1) is 17.5 Å². The van der Waals surface area contributed by atoms with Crippen molar-refractivity contribution in [1.29, 1.82) is 0 Å². The van der Waals surface area contributed by atoms with Crippen LogP contribution < -0.4 is 10.9 Å². The van der Waals surface area contributed by atoms with Gasteiger partial charge in [-0.15, -0.1) is 0 Å². The number of anilines is 1. The number of hydrogen-bond acceptors (Lipinski definition) is 2. The van der Waals surface area contributed by atoms with E-state index < -0.39 is 23.4 Å². The van der Waals surface area contributed by atoms with E-state index in [1.54, 1.807) is 0 Å². The molecule has 0 aliphatic rings. The van der Waals surface area contributed by atoms with Crippen LogP contribution in [0.5, 0.6) is 0 Å². The summed E-state index contributed by atoms with van der Waals surface area (Å²) in [5.74, 6) is -5.35. The fraction of sp³-hybridized carbons (Fsp3) is 0.0769. The first kappa shape index (κ1) is 13.9. The van der Waals surface area contributed by atoms with E-state index in [2.05, 4.69) is 5.32 Å². The third kappa shape index (κ3) is 2.71. The van der Waals surface area contributed by atoms with Crippen LogP contribution in [-0.2, 0) is 7.05 Å². The number of aryl methyl sites for hydroxylation is 1. The SMILES string of the molecule is Cn1cc(NC(=O)c2cc(F)c(F)c(F)c2)ccc1=O. The highest BCUT2D eigenvalue weighted by atomic mass is 19.2. The molecular formula is C13H9F3N2O2. The highest BCUT2D eigenvalue weighted by molar-refractivity contribution is 6.04. The highest BCUT2D eigenvalue weighted by Gasteiger charge is 2.15. The summed E-state index contributed by atoms with van der Waals surface area (Å²) in [7, 11) is 1.48. The Morgan fingerprint density at radius 3 is 2.30 bits per heavy atom. The average molecular weight is 282 g/mol. The molecule has 1 amide bonds. The fourth-order valence-electron chi connectivity index (χ4n) is 1.56. The van der Waals surface area contributed by atoms with Crippen molar-refractivity contribution in [2.75, 3.05) is 5.32 Å². The van der Waals surface area contributed by atoms with Gasteiger partial charge in [-0.05, 0) is 18.2 Å². The Bertz CT molecular complexity index is 718. The molecule has 0 radical (unpaired) electrons. The van der Waals surface area contributed by atoms with Crippen LogP contribution in [0.2, 0.25) is 0 Å². The van der Waals surface area contributed by atoms with Crippen molar-refractivity contribution < 1.29 is 18.0 Å². The van der Waals surface area contributed by atoms with Gasteiger partial charge in [-0.2, -0.15) is 0 Å². The number of amides is 1. The number of aromatic nitrogens is 1. The van der Waals surface area contributed by atoms with Crippen LogP contribution in [0.25, 0.3) is 0 Å². The zero-order valence-corrected chi connectivity index (χ0v) is 10.3. The lowest BCUT2D eigenvalue weighted by molar-refractivity contribution is 0.102. The Morgan fingerprint density at radius 2 is 1.75 bits per heavy atom. The van der Waals surface area contributed by atoms with Crippen molar-refractivity contribution in [3.05, 3.63) is 63.8 Å². The van der Waals surface area contributed by atoms with Gasteiger partial charge >= 0.3 is 0 Å². The van der Waals surface area contributed by atoms with Crippen LogP contribution in [0.15, 0.2) is 35.3 Å². The van der Waals surface area contributed by atoms with Gasteiger partial charge in [0.2, 0.25) is 5.56 Å². The number of nitrogens with zero attached hydrogens (tertiary/aromatic N) is 1. The molecule has 20 heavy (non-hydrogen) atoms. The molecular weight excluding hydrogens is 273 g/mol. The monoisotopic (exact) mass is 282 g/mol. The topological polar surface area (TPSA) is 51.1 Å². The zero-order valence-electron chi connectivity index (χ0n) is 10.3. The van der Waals surface area contributed by atoms with Gasteiger partial charge < -0.3 is 9.88 Å². The lowest BCUT2D eigenvalue weighted by Gasteiger charge is -2.07. The van der Waals surface area contributed by atoms with E-state index in [0.29, 0.717) is 12.1 Å². The molecule has 0 bridgehead atoms. The number of pyridine rings is 1.